The Morgan fingerprint density at radius 1 is 0.508 bits per heavy atom. The lowest BCUT2D eigenvalue weighted by Crippen LogP contribution is -2.15. The predicted molar refractivity (Wildman–Crippen MR) is 270 cm³/mol. The lowest BCUT2D eigenvalue weighted by Gasteiger charge is -2.28. The van der Waals surface area contributed by atoms with Crippen LogP contribution in [0.15, 0.2) is 212 Å². The number of fused-ring (bicyclic) bond motifs is 6. The molecule has 1 nitrogen and oxygen atoms in total. The number of hydrogen-bond donors (Lipinski definition) is 0. The van der Waals surface area contributed by atoms with E-state index in [4.69, 9.17) is 0 Å². The maximum Gasteiger partial charge on any atom is 0.0540 e. The van der Waals surface area contributed by atoms with E-state index < -0.39 is 0 Å². The first-order chi connectivity index (χ1) is 30.9. The van der Waals surface area contributed by atoms with Gasteiger partial charge in [0.25, 0.3) is 0 Å². The summed E-state index contributed by atoms with van der Waals surface area (Å²) in [6, 6.07) is 67.7. The van der Waals surface area contributed by atoms with Gasteiger partial charge < -0.3 is 4.90 Å². The number of rotatable bonds is 11. The lowest BCUT2D eigenvalue weighted by molar-refractivity contribution is 0.719. The minimum absolute atomic E-state index is 0.264. The van der Waals surface area contributed by atoms with Crippen LogP contribution in [-0.2, 0) is 6.42 Å². The molecule has 0 radical (unpaired) electrons. The van der Waals surface area contributed by atoms with Crippen LogP contribution in [0.1, 0.15) is 52.6 Å². The molecule has 1 unspecified atom stereocenters. The summed E-state index contributed by atoms with van der Waals surface area (Å²) >= 11 is 0. The van der Waals surface area contributed by atoms with Crippen molar-refractivity contribution in [3.63, 3.8) is 0 Å². The second-order valence-corrected chi connectivity index (χ2v) is 17.3. The lowest BCUT2D eigenvalue weighted by atomic mass is 9.82. The van der Waals surface area contributed by atoms with Gasteiger partial charge in [-0.1, -0.05) is 194 Å². The van der Waals surface area contributed by atoms with Crippen molar-refractivity contribution in [2.75, 3.05) is 4.90 Å². The maximum atomic E-state index is 4.57. The molecule has 1 heteroatoms. The fourth-order valence-electron chi connectivity index (χ4n) is 10.3. The highest BCUT2D eigenvalue weighted by Gasteiger charge is 2.27. The highest BCUT2D eigenvalue weighted by molar-refractivity contribution is 6.19. The molecular weight excluding hydrogens is 759 g/mol. The first-order valence-electron chi connectivity index (χ1n) is 22.3. The minimum Gasteiger partial charge on any atom is -0.310 e. The van der Waals surface area contributed by atoms with Crippen LogP contribution in [0.25, 0.3) is 71.6 Å². The zero-order chi connectivity index (χ0) is 42.6. The fraction of sp³-hybridized carbons (Fsp3) is 0.0968. The zero-order valence-corrected chi connectivity index (χ0v) is 36.2. The van der Waals surface area contributed by atoms with Crippen LogP contribution in [0.2, 0.25) is 0 Å². The highest BCUT2D eigenvalue weighted by atomic mass is 15.1. The average Bonchev–Trinajstić information content (AvgIpc) is 3.84. The molecule has 0 spiro atoms. The molecule has 63 heavy (non-hydrogen) atoms. The largest absolute Gasteiger partial charge is 0.310 e. The van der Waals surface area contributed by atoms with E-state index in [1.54, 1.807) is 0 Å². The van der Waals surface area contributed by atoms with Gasteiger partial charge >= 0.3 is 0 Å². The SMILES string of the molecule is C=C(/C=C\C(=C/C)N(c1ccc(C)cc1)c1ccc2c3c(cccc13)-c1ccccc1-2)c1ccc(CCC(c2ccc(C)cc2)c2ccc3c4c(cccc24)-c2ccccc2-3)cc1. The molecule has 0 bridgehead atoms. The Morgan fingerprint density at radius 2 is 1.03 bits per heavy atom. The summed E-state index contributed by atoms with van der Waals surface area (Å²) in [4.78, 5) is 2.39. The van der Waals surface area contributed by atoms with Crippen molar-refractivity contribution in [3.05, 3.63) is 246 Å². The molecule has 2 aliphatic rings. The van der Waals surface area contributed by atoms with Gasteiger partial charge in [-0.25, -0.2) is 0 Å². The number of anilines is 2. The van der Waals surface area contributed by atoms with Crippen molar-refractivity contribution in [1.82, 2.24) is 0 Å². The smallest absolute Gasteiger partial charge is 0.0540 e. The first-order valence-corrected chi connectivity index (χ1v) is 22.3. The Kier molecular flexibility index (Phi) is 9.62. The van der Waals surface area contributed by atoms with Crippen LogP contribution in [0.4, 0.5) is 11.4 Å². The van der Waals surface area contributed by atoms with Crippen molar-refractivity contribution in [2.24, 2.45) is 0 Å². The number of nitrogens with zero attached hydrogens (tertiary/aromatic N) is 1. The van der Waals surface area contributed by atoms with Crippen LogP contribution in [-0.4, -0.2) is 0 Å². The summed E-state index contributed by atoms with van der Waals surface area (Å²) in [7, 11) is 0. The van der Waals surface area contributed by atoms with Crippen LogP contribution in [0.5, 0.6) is 0 Å². The Balaban J connectivity index is 0.869. The number of aryl methyl sites for hydroxylation is 3. The molecule has 0 N–H and O–H groups in total. The average molecular weight is 808 g/mol. The van der Waals surface area contributed by atoms with E-state index in [1.807, 2.05) is 0 Å². The molecule has 0 amide bonds. The molecule has 9 aromatic rings. The fourth-order valence-corrected chi connectivity index (χ4v) is 10.3. The van der Waals surface area contributed by atoms with E-state index in [1.165, 1.54) is 93.9 Å². The van der Waals surface area contributed by atoms with E-state index >= 15 is 0 Å². The van der Waals surface area contributed by atoms with Gasteiger partial charge in [-0.15, -0.1) is 0 Å². The Morgan fingerprint density at radius 3 is 1.63 bits per heavy atom. The first kappa shape index (κ1) is 38.4. The van der Waals surface area contributed by atoms with E-state index in [2.05, 4.69) is 232 Å². The number of allylic oxidation sites excluding steroid dienone is 4. The topological polar surface area (TPSA) is 3.24 Å². The van der Waals surface area contributed by atoms with Gasteiger partial charge in [0.1, 0.15) is 0 Å². The zero-order valence-electron chi connectivity index (χ0n) is 36.2. The standard InChI is InChI=1S/C62H49N/c1-5-46(63(47-32-22-41(3)23-33-47)60-39-38-58-52-15-9-7-13-50(52)55-18-11-19-59(60)62(55)58)34-24-42(4)44-30-25-43(26-31-44)27-35-48(45-28-20-40(2)21-29-45)53-36-37-57-51-14-8-6-12-49(51)54-16-10-17-56(53)61(54)57/h5-26,28-34,36-39,48H,4,27,35H2,1-3H3/b34-24-,46-5+. The molecule has 0 heterocycles. The monoisotopic (exact) mass is 807 g/mol. The van der Waals surface area contributed by atoms with E-state index in [9.17, 15) is 0 Å². The van der Waals surface area contributed by atoms with Gasteiger partial charge in [0.2, 0.25) is 0 Å². The van der Waals surface area contributed by atoms with Gasteiger partial charge in [-0.3, -0.25) is 0 Å². The van der Waals surface area contributed by atoms with Crippen molar-refractivity contribution < 1.29 is 0 Å². The molecule has 0 aliphatic heterocycles. The summed E-state index contributed by atoms with van der Waals surface area (Å²) < 4.78 is 0. The third kappa shape index (κ3) is 6.64. The molecule has 0 aromatic heterocycles. The van der Waals surface area contributed by atoms with Crippen molar-refractivity contribution >= 4 is 38.5 Å². The van der Waals surface area contributed by atoms with Crippen LogP contribution in [0.3, 0.4) is 0 Å². The third-order valence-electron chi connectivity index (χ3n) is 13.6. The van der Waals surface area contributed by atoms with E-state index in [0.29, 0.717) is 0 Å². The van der Waals surface area contributed by atoms with Gasteiger partial charge in [-0.2, -0.15) is 0 Å². The Labute approximate surface area is 371 Å². The molecule has 1 atom stereocenters. The molecule has 0 saturated heterocycles. The highest BCUT2D eigenvalue weighted by Crippen LogP contribution is 2.51. The van der Waals surface area contributed by atoms with Crippen molar-refractivity contribution in [3.8, 4) is 44.5 Å². The quantitative estimate of drug-likeness (QED) is 0.118. The number of hydrogen-bond acceptors (Lipinski definition) is 1. The summed E-state index contributed by atoms with van der Waals surface area (Å²) in [5.74, 6) is 0.264. The second kappa shape index (κ2) is 15.8. The van der Waals surface area contributed by atoms with E-state index in [0.717, 1.165) is 41.1 Å². The minimum atomic E-state index is 0.264. The van der Waals surface area contributed by atoms with Crippen LogP contribution in [0, 0.1) is 13.8 Å². The van der Waals surface area contributed by atoms with Crippen LogP contribution < -0.4 is 4.90 Å². The molecule has 11 rings (SSSR count). The summed E-state index contributed by atoms with van der Waals surface area (Å²) in [6.45, 7) is 11.0. The number of benzene rings is 9. The summed E-state index contributed by atoms with van der Waals surface area (Å²) in [6.07, 6.45) is 8.57. The third-order valence-corrected chi connectivity index (χ3v) is 13.6. The molecular formula is C62H49N. The van der Waals surface area contributed by atoms with Gasteiger partial charge in [-0.05, 0) is 146 Å². The molecule has 302 valence electrons. The predicted octanol–water partition coefficient (Wildman–Crippen LogP) is 17.0. The summed E-state index contributed by atoms with van der Waals surface area (Å²) in [5, 5.41) is 5.32. The normalized spacial score (nSPS) is 12.8. The maximum absolute atomic E-state index is 4.57. The molecule has 0 saturated carbocycles. The van der Waals surface area contributed by atoms with Gasteiger partial charge in [0, 0.05) is 22.7 Å². The van der Waals surface area contributed by atoms with Crippen molar-refractivity contribution in [2.45, 2.75) is 39.5 Å². The Hall–Kier alpha value is -7.48. The second-order valence-electron chi connectivity index (χ2n) is 17.3. The molecule has 9 aromatic carbocycles. The van der Waals surface area contributed by atoms with Gasteiger partial charge in [0.05, 0.1) is 5.69 Å². The summed E-state index contributed by atoms with van der Waals surface area (Å²) in [5.41, 5.74) is 22.7. The molecule has 2 aliphatic carbocycles. The van der Waals surface area contributed by atoms with Gasteiger partial charge in [0.15, 0.2) is 0 Å². The van der Waals surface area contributed by atoms with Crippen molar-refractivity contribution in [1.29, 1.82) is 0 Å². The molecule has 0 fully saturated rings. The van der Waals surface area contributed by atoms with Crippen LogP contribution >= 0.6 is 0 Å². The Bertz CT molecular complexity index is 3250. The van der Waals surface area contributed by atoms with E-state index in [-0.39, 0.29) is 5.92 Å².